The van der Waals surface area contributed by atoms with Crippen LogP contribution in [0.15, 0.2) is 47.5 Å². The van der Waals surface area contributed by atoms with Crippen molar-refractivity contribution in [2.24, 2.45) is 0 Å². The highest BCUT2D eigenvalue weighted by atomic mass is 35.5. The van der Waals surface area contributed by atoms with E-state index in [4.69, 9.17) is 27.9 Å². The van der Waals surface area contributed by atoms with Gasteiger partial charge >= 0.3 is 0 Å². The quantitative estimate of drug-likeness (QED) is 0.548. The summed E-state index contributed by atoms with van der Waals surface area (Å²) in [4.78, 5) is 20.6. The van der Waals surface area contributed by atoms with Gasteiger partial charge in [-0.3, -0.25) is 4.79 Å². The van der Waals surface area contributed by atoms with Crippen LogP contribution >= 0.6 is 23.2 Å². The van der Waals surface area contributed by atoms with Crippen LogP contribution in [-0.4, -0.2) is 25.0 Å². The highest BCUT2D eigenvalue weighted by molar-refractivity contribution is 6.38. The van der Waals surface area contributed by atoms with Gasteiger partial charge in [0.05, 0.1) is 21.3 Å². The van der Waals surface area contributed by atoms with Crippen molar-refractivity contribution in [2.75, 3.05) is 0 Å². The molecule has 25 heavy (non-hydrogen) atoms. The maximum absolute atomic E-state index is 12.4. The molecule has 124 valence electrons. The molecule has 0 saturated heterocycles. The van der Waals surface area contributed by atoms with Gasteiger partial charge in [-0.1, -0.05) is 40.5 Å². The molecule has 0 bridgehead atoms. The van der Waals surface area contributed by atoms with Gasteiger partial charge in [0.1, 0.15) is 11.8 Å². The van der Waals surface area contributed by atoms with Crippen LogP contribution in [0.5, 0.6) is 5.88 Å². The van der Waals surface area contributed by atoms with E-state index >= 15 is 0 Å². The third-order valence-corrected chi connectivity index (χ3v) is 4.08. The van der Waals surface area contributed by atoms with Crippen molar-refractivity contribution in [3.63, 3.8) is 0 Å². The molecule has 2 aromatic carbocycles. The molecule has 2 aromatic heterocycles. The van der Waals surface area contributed by atoms with E-state index in [2.05, 4.69) is 20.3 Å². The number of ether oxygens (including phenoxy) is 1. The largest absolute Gasteiger partial charge is 0.454 e. The number of benzene rings is 2. The van der Waals surface area contributed by atoms with Crippen molar-refractivity contribution in [2.45, 2.75) is 6.73 Å². The number of hydrogen-bond acceptors (Lipinski definition) is 6. The van der Waals surface area contributed by atoms with Gasteiger partial charge in [0.15, 0.2) is 6.73 Å². The Balaban J connectivity index is 1.72. The number of halogens is 2. The number of nitrogens with zero attached hydrogens (tertiary/aromatic N) is 5. The highest BCUT2D eigenvalue weighted by Crippen LogP contribution is 2.30. The summed E-state index contributed by atoms with van der Waals surface area (Å²) >= 11 is 12.2. The van der Waals surface area contributed by atoms with E-state index in [-0.39, 0.29) is 18.2 Å². The minimum Gasteiger partial charge on any atom is -0.454 e. The van der Waals surface area contributed by atoms with Crippen molar-refractivity contribution in [3.05, 3.63) is 63.1 Å². The van der Waals surface area contributed by atoms with Crippen LogP contribution in [0, 0.1) is 0 Å². The Kier molecular flexibility index (Phi) is 3.95. The molecule has 0 aliphatic rings. The minimum atomic E-state index is -0.306. The normalized spacial score (nSPS) is 11.1. The van der Waals surface area contributed by atoms with Gasteiger partial charge in [0, 0.05) is 5.02 Å². The van der Waals surface area contributed by atoms with Crippen LogP contribution in [-0.2, 0) is 6.73 Å². The lowest BCUT2D eigenvalue weighted by atomic mass is 10.2. The van der Waals surface area contributed by atoms with Crippen LogP contribution in [0.2, 0.25) is 10.0 Å². The van der Waals surface area contributed by atoms with Crippen LogP contribution in [0.1, 0.15) is 0 Å². The lowest BCUT2D eigenvalue weighted by Crippen LogP contribution is -2.26. The minimum absolute atomic E-state index is 0.160. The second kappa shape index (κ2) is 6.27. The summed E-state index contributed by atoms with van der Waals surface area (Å²) in [6.45, 7) is -0.160. The molecule has 0 spiro atoms. The Labute approximate surface area is 150 Å². The molecule has 7 nitrogen and oxygen atoms in total. The Bertz CT molecular complexity index is 1160. The molecule has 2 heterocycles. The molecule has 0 atom stereocenters. The van der Waals surface area contributed by atoms with E-state index in [1.54, 1.807) is 36.4 Å². The summed E-state index contributed by atoms with van der Waals surface area (Å²) < 4.78 is 6.75. The van der Waals surface area contributed by atoms with E-state index in [1.165, 1.54) is 6.33 Å². The summed E-state index contributed by atoms with van der Waals surface area (Å²) in [6.07, 6.45) is 1.33. The summed E-state index contributed by atoms with van der Waals surface area (Å²) in [7, 11) is 0. The maximum atomic E-state index is 12.4. The SMILES string of the molecule is O=c1c2ccccc2nnn1COc1ncnc2c(Cl)cc(Cl)cc12. The first-order valence-corrected chi connectivity index (χ1v) is 7.94. The van der Waals surface area contributed by atoms with Crippen molar-refractivity contribution >= 4 is 45.0 Å². The fourth-order valence-electron chi connectivity index (χ4n) is 2.41. The Morgan fingerprint density at radius 3 is 2.80 bits per heavy atom. The van der Waals surface area contributed by atoms with Crippen LogP contribution in [0.25, 0.3) is 21.8 Å². The third-order valence-electron chi connectivity index (χ3n) is 3.57. The maximum Gasteiger partial charge on any atom is 0.280 e. The second-order valence-electron chi connectivity index (χ2n) is 5.15. The molecule has 0 radical (unpaired) electrons. The molecular formula is C16H9Cl2N5O2. The first-order valence-electron chi connectivity index (χ1n) is 7.18. The molecular weight excluding hydrogens is 365 g/mol. The van der Waals surface area contributed by atoms with Gasteiger partial charge in [-0.2, -0.15) is 4.68 Å². The predicted molar refractivity (Wildman–Crippen MR) is 94.0 cm³/mol. The van der Waals surface area contributed by atoms with E-state index in [9.17, 15) is 4.79 Å². The van der Waals surface area contributed by atoms with Gasteiger partial charge in [-0.25, -0.2) is 9.97 Å². The van der Waals surface area contributed by atoms with E-state index in [1.807, 2.05) is 0 Å². The molecule has 0 N–H and O–H groups in total. The standard InChI is InChI=1S/C16H9Cl2N5O2/c17-9-5-11-14(12(18)6-9)19-7-20-15(11)25-8-23-16(24)10-3-1-2-4-13(10)21-22-23/h1-7H,8H2. The zero-order chi connectivity index (χ0) is 17.4. The highest BCUT2D eigenvalue weighted by Gasteiger charge is 2.11. The summed E-state index contributed by atoms with van der Waals surface area (Å²) in [5.41, 5.74) is 0.725. The first-order chi connectivity index (χ1) is 12.1. The zero-order valence-electron chi connectivity index (χ0n) is 12.6. The van der Waals surface area contributed by atoms with Gasteiger partial charge in [-0.15, -0.1) is 5.10 Å². The van der Waals surface area contributed by atoms with Crippen molar-refractivity contribution in [3.8, 4) is 5.88 Å². The lowest BCUT2D eigenvalue weighted by molar-refractivity contribution is 0.205. The Morgan fingerprint density at radius 2 is 1.92 bits per heavy atom. The number of rotatable bonds is 3. The van der Waals surface area contributed by atoms with E-state index in [0.29, 0.717) is 31.9 Å². The van der Waals surface area contributed by atoms with E-state index in [0.717, 1.165) is 4.68 Å². The molecule has 0 fully saturated rings. The number of aromatic nitrogens is 5. The van der Waals surface area contributed by atoms with Gasteiger partial charge in [0.2, 0.25) is 5.88 Å². The number of hydrogen-bond donors (Lipinski definition) is 0. The van der Waals surface area contributed by atoms with Crippen LogP contribution in [0.3, 0.4) is 0 Å². The second-order valence-corrected chi connectivity index (χ2v) is 5.99. The molecule has 0 aliphatic heterocycles. The molecule has 4 aromatic rings. The van der Waals surface area contributed by atoms with E-state index < -0.39 is 0 Å². The summed E-state index contributed by atoms with van der Waals surface area (Å²) in [6, 6.07) is 10.2. The molecule has 0 saturated carbocycles. The molecule has 9 heteroatoms. The topological polar surface area (TPSA) is 82.8 Å². The average Bonchev–Trinajstić information content (AvgIpc) is 2.61. The molecule has 0 amide bonds. The van der Waals surface area contributed by atoms with Crippen LogP contribution in [0.4, 0.5) is 0 Å². The molecule has 0 aliphatic carbocycles. The molecule has 0 unspecified atom stereocenters. The van der Waals surface area contributed by atoms with Gasteiger partial charge in [0.25, 0.3) is 5.56 Å². The van der Waals surface area contributed by atoms with Crippen molar-refractivity contribution in [1.29, 1.82) is 0 Å². The zero-order valence-corrected chi connectivity index (χ0v) is 14.1. The Morgan fingerprint density at radius 1 is 1.08 bits per heavy atom. The fraction of sp³-hybridized carbons (Fsp3) is 0.0625. The predicted octanol–water partition coefficient (Wildman–Crippen LogP) is 3.08. The first kappa shape index (κ1) is 15.7. The molecule has 4 rings (SSSR count). The Hall–Kier alpha value is -2.77. The summed E-state index contributed by atoms with van der Waals surface area (Å²) in [5.74, 6) is 0.247. The van der Waals surface area contributed by atoms with Gasteiger partial charge in [-0.05, 0) is 24.3 Å². The van der Waals surface area contributed by atoms with Gasteiger partial charge < -0.3 is 4.74 Å². The smallest absolute Gasteiger partial charge is 0.280 e. The lowest BCUT2D eigenvalue weighted by Gasteiger charge is -2.09. The number of fused-ring (bicyclic) bond motifs is 2. The van der Waals surface area contributed by atoms with Crippen LogP contribution < -0.4 is 10.3 Å². The van der Waals surface area contributed by atoms with Crippen molar-refractivity contribution in [1.82, 2.24) is 25.0 Å². The third kappa shape index (κ3) is 2.88. The van der Waals surface area contributed by atoms with Crippen molar-refractivity contribution < 1.29 is 4.74 Å². The average molecular weight is 374 g/mol. The fourth-order valence-corrected chi connectivity index (χ4v) is 2.96. The monoisotopic (exact) mass is 373 g/mol. The summed E-state index contributed by atoms with van der Waals surface area (Å²) in [5, 5.41) is 9.69.